The standard InChI is InChI=1S/C26H30OSi/c1-26(2,3)28(5,6)18-17-25(21-13-15-24(27-4)16-14-21)23-12-11-20-9-7-8-10-22(20)19-23/h7-16,19,25H,1-6H3/t25-/m1/s1. The van der Waals surface area contributed by atoms with Crippen molar-refractivity contribution in [1.29, 1.82) is 0 Å². The molecule has 0 unspecified atom stereocenters. The van der Waals surface area contributed by atoms with Crippen LogP contribution in [0.1, 0.15) is 37.8 Å². The summed E-state index contributed by atoms with van der Waals surface area (Å²) in [6, 6.07) is 23.5. The van der Waals surface area contributed by atoms with Crippen molar-refractivity contribution in [3.8, 4) is 17.2 Å². The molecule has 0 radical (unpaired) electrons. The summed E-state index contributed by atoms with van der Waals surface area (Å²) in [4.78, 5) is 0. The molecule has 3 aromatic carbocycles. The smallest absolute Gasteiger partial charge is 0.137 e. The van der Waals surface area contributed by atoms with Crippen LogP contribution in [-0.2, 0) is 0 Å². The molecule has 0 aromatic heterocycles. The normalized spacial score (nSPS) is 12.9. The van der Waals surface area contributed by atoms with Crippen LogP contribution in [0, 0.1) is 11.5 Å². The summed E-state index contributed by atoms with van der Waals surface area (Å²) in [5.41, 5.74) is 6.19. The lowest BCUT2D eigenvalue weighted by Gasteiger charge is -2.31. The first kappa shape index (κ1) is 20.2. The Morgan fingerprint density at radius 1 is 0.821 bits per heavy atom. The molecular weight excluding hydrogens is 356 g/mol. The highest BCUT2D eigenvalue weighted by Gasteiger charge is 2.33. The summed E-state index contributed by atoms with van der Waals surface area (Å²) < 4.78 is 5.34. The van der Waals surface area contributed by atoms with E-state index in [9.17, 15) is 0 Å². The number of benzene rings is 3. The van der Waals surface area contributed by atoms with Gasteiger partial charge < -0.3 is 4.74 Å². The van der Waals surface area contributed by atoms with E-state index < -0.39 is 8.07 Å². The van der Waals surface area contributed by atoms with Crippen molar-refractivity contribution in [1.82, 2.24) is 0 Å². The average Bonchev–Trinajstić information content (AvgIpc) is 2.67. The fourth-order valence-electron chi connectivity index (χ4n) is 2.98. The van der Waals surface area contributed by atoms with E-state index in [-0.39, 0.29) is 11.0 Å². The molecule has 0 amide bonds. The van der Waals surface area contributed by atoms with Gasteiger partial charge in [-0.25, -0.2) is 0 Å². The van der Waals surface area contributed by atoms with Crippen molar-refractivity contribution in [2.45, 2.75) is 44.8 Å². The molecule has 0 aliphatic heterocycles. The van der Waals surface area contributed by atoms with Gasteiger partial charge in [-0.15, -0.1) is 5.54 Å². The molecule has 0 saturated carbocycles. The molecule has 0 bridgehead atoms. The first-order valence-electron chi connectivity index (χ1n) is 9.87. The van der Waals surface area contributed by atoms with E-state index in [1.807, 2.05) is 12.1 Å². The Balaban J connectivity index is 2.10. The number of ether oxygens (including phenoxy) is 1. The van der Waals surface area contributed by atoms with Crippen LogP contribution in [-0.4, -0.2) is 15.2 Å². The van der Waals surface area contributed by atoms with Crippen LogP contribution in [0.4, 0.5) is 0 Å². The van der Waals surface area contributed by atoms with Crippen molar-refractivity contribution in [2.24, 2.45) is 0 Å². The van der Waals surface area contributed by atoms with Crippen molar-refractivity contribution in [2.75, 3.05) is 7.11 Å². The maximum atomic E-state index is 5.34. The molecule has 2 heteroatoms. The van der Waals surface area contributed by atoms with Crippen LogP contribution >= 0.6 is 0 Å². The van der Waals surface area contributed by atoms with Crippen molar-refractivity contribution in [3.05, 3.63) is 77.9 Å². The zero-order valence-electron chi connectivity index (χ0n) is 17.8. The van der Waals surface area contributed by atoms with Gasteiger partial charge in [-0.2, -0.15) is 0 Å². The van der Waals surface area contributed by atoms with E-state index in [1.165, 1.54) is 21.9 Å². The lowest BCUT2D eigenvalue weighted by Crippen LogP contribution is -2.35. The Labute approximate surface area is 170 Å². The van der Waals surface area contributed by atoms with Gasteiger partial charge in [0, 0.05) is 0 Å². The van der Waals surface area contributed by atoms with Gasteiger partial charge in [0.05, 0.1) is 13.0 Å². The minimum Gasteiger partial charge on any atom is -0.497 e. The monoisotopic (exact) mass is 386 g/mol. The lowest BCUT2D eigenvalue weighted by atomic mass is 9.90. The molecule has 0 aliphatic carbocycles. The Bertz CT molecular complexity index is 1010. The number of fused-ring (bicyclic) bond motifs is 1. The van der Waals surface area contributed by atoms with Gasteiger partial charge in [0.25, 0.3) is 0 Å². The van der Waals surface area contributed by atoms with Crippen LogP contribution in [0.5, 0.6) is 5.75 Å². The Morgan fingerprint density at radius 3 is 2.04 bits per heavy atom. The minimum absolute atomic E-state index is 0.0598. The molecule has 0 fully saturated rings. The molecule has 0 saturated heterocycles. The molecule has 144 valence electrons. The minimum atomic E-state index is -1.69. The molecule has 1 atom stereocenters. The highest BCUT2D eigenvalue weighted by Crippen LogP contribution is 2.36. The zero-order valence-corrected chi connectivity index (χ0v) is 18.8. The summed E-state index contributed by atoms with van der Waals surface area (Å²) in [7, 11) is 0.0107. The number of hydrogen-bond donors (Lipinski definition) is 0. The number of rotatable bonds is 3. The van der Waals surface area contributed by atoms with Crippen molar-refractivity contribution >= 4 is 18.8 Å². The summed E-state index contributed by atoms with van der Waals surface area (Å²) >= 11 is 0. The third-order valence-corrected chi connectivity index (χ3v) is 10.5. The van der Waals surface area contributed by atoms with E-state index in [4.69, 9.17) is 4.74 Å². The second-order valence-corrected chi connectivity index (χ2v) is 14.0. The molecule has 3 rings (SSSR count). The average molecular weight is 387 g/mol. The third kappa shape index (κ3) is 4.32. The van der Waals surface area contributed by atoms with E-state index in [0.717, 1.165) is 5.75 Å². The quantitative estimate of drug-likeness (QED) is 0.347. The number of methoxy groups -OCH3 is 1. The van der Waals surface area contributed by atoms with Crippen LogP contribution in [0.2, 0.25) is 18.1 Å². The molecule has 0 spiro atoms. The second kappa shape index (κ2) is 7.85. The Morgan fingerprint density at radius 2 is 1.43 bits per heavy atom. The first-order valence-corrected chi connectivity index (χ1v) is 12.9. The molecule has 28 heavy (non-hydrogen) atoms. The highest BCUT2D eigenvalue weighted by atomic mass is 28.3. The lowest BCUT2D eigenvalue weighted by molar-refractivity contribution is 0.414. The van der Waals surface area contributed by atoms with Crippen molar-refractivity contribution in [3.63, 3.8) is 0 Å². The van der Waals surface area contributed by atoms with Gasteiger partial charge in [-0.3, -0.25) is 0 Å². The zero-order chi connectivity index (χ0) is 20.4. The predicted octanol–water partition coefficient (Wildman–Crippen LogP) is 7.03. The van der Waals surface area contributed by atoms with Gasteiger partial charge in [0.2, 0.25) is 0 Å². The van der Waals surface area contributed by atoms with Gasteiger partial charge in [0.1, 0.15) is 13.8 Å². The van der Waals surface area contributed by atoms with Gasteiger partial charge in [0.15, 0.2) is 0 Å². The molecule has 1 nitrogen and oxygen atoms in total. The summed E-state index contributed by atoms with van der Waals surface area (Å²) in [5.74, 6) is 4.61. The topological polar surface area (TPSA) is 9.23 Å². The van der Waals surface area contributed by atoms with E-state index in [2.05, 4.69) is 99.9 Å². The van der Waals surface area contributed by atoms with Gasteiger partial charge in [-0.1, -0.05) is 88.3 Å². The Hall–Kier alpha value is -2.50. The SMILES string of the molecule is COc1ccc([C@@H](C#C[Si](C)(C)C(C)(C)C)c2ccc3ccccc3c2)cc1. The van der Waals surface area contributed by atoms with Crippen LogP contribution in [0.25, 0.3) is 10.8 Å². The predicted molar refractivity (Wildman–Crippen MR) is 124 cm³/mol. The van der Waals surface area contributed by atoms with Gasteiger partial charge in [-0.05, 0) is 45.1 Å². The molecule has 0 aliphatic rings. The van der Waals surface area contributed by atoms with Crippen LogP contribution in [0.3, 0.4) is 0 Å². The molecule has 3 aromatic rings. The van der Waals surface area contributed by atoms with E-state index in [0.29, 0.717) is 0 Å². The maximum absolute atomic E-state index is 5.34. The summed E-state index contributed by atoms with van der Waals surface area (Å²) in [6.07, 6.45) is 0. The van der Waals surface area contributed by atoms with Crippen LogP contribution < -0.4 is 4.74 Å². The third-order valence-electron chi connectivity index (χ3n) is 5.96. The number of hydrogen-bond acceptors (Lipinski definition) is 1. The van der Waals surface area contributed by atoms with E-state index in [1.54, 1.807) is 7.11 Å². The highest BCUT2D eigenvalue weighted by molar-refractivity contribution is 6.87. The molecule has 0 N–H and O–H groups in total. The fraction of sp³-hybridized carbons (Fsp3) is 0.308. The second-order valence-electron chi connectivity index (χ2n) is 8.96. The van der Waals surface area contributed by atoms with Crippen LogP contribution in [0.15, 0.2) is 66.7 Å². The van der Waals surface area contributed by atoms with Crippen molar-refractivity contribution < 1.29 is 4.74 Å². The maximum Gasteiger partial charge on any atom is 0.137 e. The summed E-state index contributed by atoms with van der Waals surface area (Å²) in [6.45, 7) is 11.7. The van der Waals surface area contributed by atoms with E-state index >= 15 is 0 Å². The van der Waals surface area contributed by atoms with Gasteiger partial charge >= 0.3 is 0 Å². The molecular formula is C26H30OSi. The Kier molecular flexibility index (Phi) is 5.68. The first-order chi connectivity index (χ1) is 13.2. The summed E-state index contributed by atoms with van der Waals surface area (Å²) in [5, 5.41) is 2.76. The fourth-order valence-corrected chi connectivity index (χ4v) is 3.86. The molecule has 0 heterocycles. The largest absolute Gasteiger partial charge is 0.497 e.